The van der Waals surface area contributed by atoms with Crippen LogP contribution in [0.4, 0.5) is 0 Å². The van der Waals surface area contributed by atoms with Gasteiger partial charge in [-0.3, -0.25) is 0 Å². The van der Waals surface area contributed by atoms with Crippen LogP contribution in [-0.4, -0.2) is 14.4 Å². The zero-order valence-electron chi connectivity index (χ0n) is 14.0. The van der Waals surface area contributed by atoms with Gasteiger partial charge in [-0.1, -0.05) is 25.8 Å². The molecule has 2 heteroatoms. The molecule has 0 spiro atoms. The van der Waals surface area contributed by atoms with Gasteiger partial charge in [0.1, 0.15) is 0 Å². The summed E-state index contributed by atoms with van der Waals surface area (Å²) in [6.07, 6.45) is 6.97. The van der Waals surface area contributed by atoms with Crippen LogP contribution in [0.1, 0.15) is 52.9 Å². The highest BCUT2D eigenvalue weighted by Gasteiger charge is 2.35. The van der Waals surface area contributed by atoms with Crippen LogP contribution in [0.5, 0.6) is 0 Å². The largest absolute Gasteiger partial charge is 0.414 e. The number of allylic oxidation sites excluding steroid dienone is 1. The molecule has 19 heavy (non-hydrogen) atoms. The van der Waals surface area contributed by atoms with Crippen molar-refractivity contribution in [3.63, 3.8) is 0 Å². The summed E-state index contributed by atoms with van der Waals surface area (Å²) < 4.78 is 6.51. The van der Waals surface area contributed by atoms with Crippen LogP contribution >= 0.6 is 0 Å². The van der Waals surface area contributed by atoms with Gasteiger partial charge < -0.3 is 4.43 Å². The second-order valence-corrected chi connectivity index (χ2v) is 12.3. The summed E-state index contributed by atoms with van der Waals surface area (Å²) in [4.78, 5) is 0. The third-order valence-electron chi connectivity index (χ3n) is 4.37. The number of hydrogen-bond acceptors (Lipinski definition) is 1. The predicted octanol–water partition coefficient (Wildman–Crippen LogP) is 5.64. The van der Waals surface area contributed by atoms with E-state index in [1.54, 1.807) is 0 Å². The van der Waals surface area contributed by atoms with Crippen molar-refractivity contribution >= 4 is 8.32 Å². The number of rotatable bonds is 6. The molecule has 0 aromatic heterocycles. The summed E-state index contributed by atoms with van der Waals surface area (Å²) in [5.41, 5.74) is 1.32. The van der Waals surface area contributed by atoms with Crippen molar-refractivity contribution in [2.24, 2.45) is 17.8 Å². The Labute approximate surface area is 122 Å². The van der Waals surface area contributed by atoms with Crippen LogP contribution < -0.4 is 0 Å². The third kappa shape index (κ3) is 6.27. The second-order valence-electron chi connectivity index (χ2n) is 7.82. The van der Waals surface area contributed by atoms with E-state index < -0.39 is 8.32 Å². The Balaban J connectivity index is 2.63. The van der Waals surface area contributed by atoms with Gasteiger partial charge in [0.05, 0.1) is 0 Å². The maximum absolute atomic E-state index is 6.51. The van der Waals surface area contributed by atoms with Gasteiger partial charge in [0, 0.05) is 6.10 Å². The molecule has 0 heterocycles. The van der Waals surface area contributed by atoms with Crippen molar-refractivity contribution in [3.05, 3.63) is 12.2 Å². The van der Waals surface area contributed by atoms with Crippen LogP contribution in [0.25, 0.3) is 0 Å². The van der Waals surface area contributed by atoms with Crippen molar-refractivity contribution in [1.29, 1.82) is 0 Å². The first-order valence-corrected chi connectivity index (χ1v) is 11.4. The first-order chi connectivity index (χ1) is 8.69. The van der Waals surface area contributed by atoms with E-state index in [9.17, 15) is 0 Å². The fourth-order valence-electron chi connectivity index (χ4n) is 3.28. The van der Waals surface area contributed by atoms with E-state index in [-0.39, 0.29) is 0 Å². The molecule has 0 radical (unpaired) electrons. The minimum Gasteiger partial charge on any atom is -0.414 e. The molecule has 0 saturated heterocycles. The smallest absolute Gasteiger partial charge is 0.184 e. The first-order valence-electron chi connectivity index (χ1n) is 8.01. The van der Waals surface area contributed by atoms with Crippen LogP contribution in [0.15, 0.2) is 12.2 Å². The summed E-state index contributed by atoms with van der Waals surface area (Å²) in [6, 6.07) is 0. The summed E-state index contributed by atoms with van der Waals surface area (Å²) in [5.74, 6) is 2.37. The zero-order chi connectivity index (χ0) is 14.6. The highest BCUT2D eigenvalue weighted by molar-refractivity contribution is 6.69. The minimum absolute atomic E-state index is 0.510. The fourth-order valence-corrected chi connectivity index (χ4v) is 4.46. The molecule has 0 aromatic rings. The second kappa shape index (κ2) is 7.08. The van der Waals surface area contributed by atoms with E-state index in [0.29, 0.717) is 6.10 Å². The highest BCUT2D eigenvalue weighted by atomic mass is 28.4. The standard InChI is InChI=1S/C17H34OSi/c1-13(2)8-10-15(4)16-11-9-14(3)12-17(16)18-19(5,6)7/h14-17H,1,8-12H2,2-7H3/t14-,15+,16+,17-/m1/s1. The Morgan fingerprint density at radius 1 is 1.32 bits per heavy atom. The summed E-state index contributed by atoms with van der Waals surface area (Å²) in [5, 5.41) is 0. The predicted molar refractivity (Wildman–Crippen MR) is 87.9 cm³/mol. The Bertz CT molecular complexity index is 292. The molecule has 0 unspecified atom stereocenters. The lowest BCUT2D eigenvalue weighted by atomic mass is 9.73. The first kappa shape index (κ1) is 17.0. The molecule has 1 rings (SSSR count). The monoisotopic (exact) mass is 282 g/mol. The van der Waals surface area contributed by atoms with Gasteiger partial charge in [0.25, 0.3) is 0 Å². The van der Waals surface area contributed by atoms with Crippen LogP contribution in [0.2, 0.25) is 19.6 Å². The summed E-state index contributed by atoms with van der Waals surface area (Å²) >= 11 is 0. The lowest BCUT2D eigenvalue weighted by molar-refractivity contribution is 0.0341. The average molecular weight is 283 g/mol. The molecule has 0 amide bonds. The molecule has 1 aliphatic rings. The van der Waals surface area contributed by atoms with Crippen molar-refractivity contribution in [2.75, 3.05) is 0 Å². The Morgan fingerprint density at radius 3 is 2.47 bits per heavy atom. The van der Waals surface area contributed by atoms with E-state index in [1.165, 1.54) is 37.7 Å². The van der Waals surface area contributed by atoms with E-state index in [0.717, 1.165) is 17.8 Å². The summed E-state index contributed by atoms with van der Waals surface area (Å²) in [7, 11) is -1.42. The van der Waals surface area contributed by atoms with Crippen LogP contribution in [0, 0.1) is 17.8 Å². The maximum Gasteiger partial charge on any atom is 0.184 e. The van der Waals surface area contributed by atoms with E-state index >= 15 is 0 Å². The minimum atomic E-state index is -1.42. The van der Waals surface area contributed by atoms with Crippen molar-refractivity contribution in [2.45, 2.75) is 78.6 Å². The van der Waals surface area contributed by atoms with Gasteiger partial charge in [-0.05, 0) is 70.0 Å². The SMILES string of the molecule is C=C(C)CC[C@H](C)[C@@H]1CC[C@@H](C)C[C@H]1O[Si](C)(C)C. The van der Waals surface area contributed by atoms with E-state index in [1.807, 2.05) is 0 Å². The molecule has 0 N–H and O–H groups in total. The number of hydrogen-bond donors (Lipinski definition) is 0. The molecule has 112 valence electrons. The lowest BCUT2D eigenvalue weighted by Gasteiger charge is -2.41. The van der Waals surface area contributed by atoms with Gasteiger partial charge in [-0.25, -0.2) is 0 Å². The molecule has 0 aromatic carbocycles. The molecule has 1 aliphatic carbocycles. The summed E-state index contributed by atoms with van der Waals surface area (Å²) in [6.45, 7) is 18.0. The quantitative estimate of drug-likeness (QED) is 0.453. The topological polar surface area (TPSA) is 9.23 Å². The Morgan fingerprint density at radius 2 is 1.95 bits per heavy atom. The normalized spacial score (nSPS) is 30.1. The average Bonchev–Trinajstić information content (AvgIpc) is 2.23. The third-order valence-corrected chi connectivity index (χ3v) is 5.38. The molecule has 0 aliphatic heterocycles. The van der Waals surface area contributed by atoms with Gasteiger partial charge >= 0.3 is 0 Å². The fraction of sp³-hybridized carbons (Fsp3) is 0.882. The van der Waals surface area contributed by atoms with Gasteiger partial charge in [-0.2, -0.15) is 0 Å². The van der Waals surface area contributed by atoms with Crippen LogP contribution in [0.3, 0.4) is 0 Å². The molecular formula is C17H34OSi. The lowest BCUT2D eigenvalue weighted by Crippen LogP contribution is -2.41. The molecule has 1 saturated carbocycles. The molecule has 1 fully saturated rings. The molecule has 1 nitrogen and oxygen atoms in total. The van der Waals surface area contributed by atoms with E-state index in [4.69, 9.17) is 4.43 Å². The van der Waals surface area contributed by atoms with Crippen molar-refractivity contribution in [3.8, 4) is 0 Å². The molecular weight excluding hydrogens is 248 g/mol. The van der Waals surface area contributed by atoms with Crippen LogP contribution in [-0.2, 0) is 4.43 Å². The van der Waals surface area contributed by atoms with E-state index in [2.05, 4.69) is 47.0 Å². The Kier molecular flexibility index (Phi) is 6.32. The Hall–Kier alpha value is -0.0831. The van der Waals surface area contributed by atoms with Gasteiger partial charge in [0.15, 0.2) is 8.32 Å². The highest BCUT2D eigenvalue weighted by Crippen LogP contribution is 2.38. The van der Waals surface area contributed by atoms with Gasteiger partial charge in [0.2, 0.25) is 0 Å². The zero-order valence-corrected chi connectivity index (χ0v) is 15.0. The van der Waals surface area contributed by atoms with Crippen molar-refractivity contribution < 1.29 is 4.43 Å². The molecule has 4 atom stereocenters. The maximum atomic E-state index is 6.51. The van der Waals surface area contributed by atoms with Crippen molar-refractivity contribution in [1.82, 2.24) is 0 Å². The van der Waals surface area contributed by atoms with Gasteiger partial charge in [-0.15, -0.1) is 6.58 Å². The molecule has 0 bridgehead atoms.